The van der Waals surface area contributed by atoms with Gasteiger partial charge in [0, 0.05) is 29.6 Å². The Hall–Kier alpha value is -3.89. The average Bonchev–Trinajstić information content (AvgIpc) is 3.53. The highest BCUT2D eigenvalue weighted by molar-refractivity contribution is 7.09. The van der Waals surface area contributed by atoms with Crippen LogP contribution in [0, 0.1) is 5.82 Å². The summed E-state index contributed by atoms with van der Waals surface area (Å²) >= 11 is 1.66. The van der Waals surface area contributed by atoms with E-state index in [9.17, 15) is 9.18 Å². The monoisotopic (exact) mass is 490 g/mol. The van der Waals surface area contributed by atoms with Crippen LogP contribution in [-0.2, 0) is 26.2 Å². The lowest BCUT2D eigenvalue weighted by molar-refractivity contribution is 0.238. The van der Waals surface area contributed by atoms with Crippen LogP contribution in [0.15, 0.2) is 70.8 Å². The zero-order valence-electron chi connectivity index (χ0n) is 19.0. The van der Waals surface area contributed by atoms with Crippen LogP contribution < -0.4 is 10.3 Å². The average molecular weight is 491 g/mol. The number of pyridine rings is 1. The fourth-order valence-corrected chi connectivity index (χ4v) is 4.67. The maximum absolute atomic E-state index is 13.3. The lowest BCUT2D eigenvalue weighted by Crippen LogP contribution is -2.27. The predicted octanol–water partition coefficient (Wildman–Crippen LogP) is 3.97. The number of tetrazole rings is 1. The molecule has 5 rings (SSSR count). The first kappa shape index (κ1) is 22.9. The van der Waals surface area contributed by atoms with Gasteiger partial charge in [-0.05, 0) is 63.2 Å². The molecule has 1 N–H and O–H groups in total. The molecule has 0 radical (unpaired) electrons. The fraction of sp³-hybridized carbons (Fsp3) is 0.200. The summed E-state index contributed by atoms with van der Waals surface area (Å²) in [5.74, 6) is 1.06. The Morgan fingerprint density at radius 3 is 2.71 bits per heavy atom. The molecule has 0 amide bonds. The first-order valence-electron chi connectivity index (χ1n) is 11.0. The Bertz CT molecular complexity index is 1480. The summed E-state index contributed by atoms with van der Waals surface area (Å²) in [5, 5.41) is 15.2. The summed E-state index contributed by atoms with van der Waals surface area (Å²) in [7, 11) is 1.60. The Morgan fingerprint density at radius 2 is 1.94 bits per heavy atom. The van der Waals surface area contributed by atoms with Crippen LogP contribution >= 0.6 is 11.3 Å². The highest BCUT2D eigenvalue weighted by atomic mass is 32.1. The molecular formula is C25H23FN6O2S. The molecule has 35 heavy (non-hydrogen) atoms. The second-order valence-electron chi connectivity index (χ2n) is 8.18. The van der Waals surface area contributed by atoms with Crippen LogP contribution in [0.25, 0.3) is 10.9 Å². The number of benzene rings is 2. The second-order valence-corrected chi connectivity index (χ2v) is 9.21. The van der Waals surface area contributed by atoms with Gasteiger partial charge in [-0.3, -0.25) is 9.69 Å². The summed E-state index contributed by atoms with van der Waals surface area (Å²) in [5.41, 5.74) is 2.13. The topological polar surface area (TPSA) is 88.9 Å². The van der Waals surface area contributed by atoms with Crippen molar-refractivity contribution in [1.82, 2.24) is 30.1 Å². The van der Waals surface area contributed by atoms with E-state index in [1.54, 1.807) is 35.3 Å². The number of nitrogens with zero attached hydrogens (tertiary/aromatic N) is 5. The number of fused-ring (bicyclic) bond motifs is 1. The third-order valence-electron chi connectivity index (χ3n) is 5.70. The van der Waals surface area contributed by atoms with E-state index in [1.165, 1.54) is 17.0 Å². The highest BCUT2D eigenvalue weighted by Gasteiger charge is 2.16. The molecule has 0 unspecified atom stereocenters. The lowest BCUT2D eigenvalue weighted by Gasteiger charge is -2.21. The van der Waals surface area contributed by atoms with E-state index in [0.717, 1.165) is 16.5 Å². The minimum absolute atomic E-state index is 0.146. The van der Waals surface area contributed by atoms with Gasteiger partial charge in [-0.15, -0.1) is 16.4 Å². The molecule has 0 saturated carbocycles. The minimum Gasteiger partial charge on any atom is -0.497 e. The van der Waals surface area contributed by atoms with Crippen LogP contribution in [0.3, 0.4) is 0 Å². The van der Waals surface area contributed by atoms with Crippen molar-refractivity contribution in [1.29, 1.82) is 0 Å². The minimum atomic E-state index is -0.285. The van der Waals surface area contributed by atoms with Crippen molar-refractivity contribution >= 4 is 22.2 Å². The standard InChI is InChI=1S/C25H23FN6O2S/c1-34-21-9-6-18-11-19(25(33)27-23(18)12-21)14-31(15-22-3-2-10-35-22)16-24-28-29-30-32(24)13-17-4-7-20(26)8-5-17/h2-12H,13-16H2,1H3,(H,27,33). The van der Waals surface area contributed by atoms with Crippen LogP contribution in [-0.4, -0.2) is 37.2 Å². The number of thiophene rings is 1. The lowest BCUT2D eigenvalue weighted by atomic mass is 10.1. The van der Waals surface area contributed by atoms with Gasteiger partial charge in [0.2, 0.25) is 0 Å². The van der Waals surface area contributed by atoms with Gasteiger partial charge < -0.3 is 9.72 Å². The normalized spacial score (nSPS) is 11.4. The number of hydrogen-bond donors (Lipinski definition) is 1. The van der Waals surface area contributed by atoms with E-state index >= 15 is 0 Å². The van der Waals surface area contributed by atoms with E-state index < -0.39 is 0 Å². The van der Waals surface area contributed by atoms with Crippen LogP contribution in [0.2, 0.25) is 0 Å². The van der Waals surface area contributed by atoms with Gasteiger partial charge in [0.15, 0.2) is 5.82 Å². The van der Waals surface area contributed by atoms with Gasteiger partial charge in [-0.2, -0.15) is 0 Å². The van der Waals surface area contributed by atoms with Crippen molar-refractivity contribution < 1.29 is 9.13 Å². The molecule has 8 nitrogen and oxygen atoms in total. The van der Waals surface area contributed by atoms with Crippen molar-refractivity contribution in [3.05, 3.63) is 104 Å². The van der Waals surface area contributed by atoms with Gasteiger partial charge in [-0.25, -0.2) is 9.07 Å². The summed E-state index contributed by atoms with van der Waals surface area (Å²) in [6.07, 6.45) is 0. The van der Waals surface area contributed by atoms with E-state index in [1.807, 2.05) is 35.7 Å². The van der Waals surface area contributed by atoms with Gasteiger partial charge >= 0.3 is 0 Å². The van der Waals surface area contributed by atoms with Crippen LogP contribution in [0.4, 0.5) is 4.39 Å². The first-order chi connectivity index (χ1) is 17.1. The quantitative estimate of drug-likeness (QED) is 0.336. The second kappa shape index (κ2) is 10.2. The molecule has 3 aromatic heterocycles. The fourth-order valence-electron chi connectivity index (χ4n) is 3.92. The molecule has 178 valence electrons. The number of hydrogen-bond acceptors (Lipinski definition) is 7. The van der Waals surface area contributed by atoms with Gasteiger partial charge in [0.05, 0.1) is 25.7 Å². The molecule has 2 aromatic carbocycles. The molecule has 0 atom stereocenters. The molecule has 3 heterocycles. The van der Waals surface area contributed by atoms with Crippen LogP contribution in [0.1, 0.15) is 21.8 Å². The third-order valence-corrected chi connectivity index (χ3v) is 6.56. The van der Waals surface area contributed by atoms with E-state index in [4.69, 9.17) is 4.74 Å². The largest absolute Gasteiger partial charge is 0.497 e. The maximum Gasteiger partial charge on any atom is 0.252 e. The first-order valence-corrected chi connectivity index (χ1v) is 11.9. The van der Waals surface area contributed by atoms with Gasteiger partial charge in [0.1, 0.15) is 11.6 Å². The Labute approximate surface area is 204 Å². The summed E-state index contributed by atoms with van der Waals surface area (Å²) in [6.45, 7) is 1.92. The third kappa shape index (κ3) is 5.44. The Kier molecular flexibility index (Phi) is 6.64. The van der Waals surface area contributed by atoms with Crippen molar-refractivity contribution in [3.8, 4) is 5.75 Å². The molecule has 0 spiro atoms. The molecule has 0 aliphatic carbocycles. The predicted molar refractivity (Wildman–Crippen MR) is 132 cm³/mol. The van der Waals surface area contributed by atoms with E-state index in [2.05, 4.69) is 31.5 Å². The summed E-state index contributed by atoms with van der Waals surface area (Å²) in [6, 6.07) is 17.9. The Morgan fingerprint density at radius 1 is 1.09 bits per heavy atom. The van der Waals surface area contributed by atoms with Crippen molar-refractivity contribution in [3.63, 3.8) is 0 Å². The summed E-state index contributed by atoms with van der Waals surface area (Å²) < 4.78 is 20.3. The maximum atomic E-state index is 13.3. The molecular weight excluding hydrogens is 467 g/mol. The number of ether oxygens (including phenoxy) is 1. The number of aromatic nitrogens is 5. The number of nitrogens with one attached hydrogen (secondary N) is 1. The Balaban J connectivity index is 1.41. The van der Waals surface area contributed by atoms with Gasteiger partial charge in [-0.1, -0.05) is 18.2 Å². The number of aromatic amines is 1. The molecule has 10 heteroatoms. The van der Waals surface area contributed by atoms with E-state index in [0.29, 0.717) is 43.3 Å². The molecule has 0 aliphatic rings. The number of H-pyrrole nitrogens is 1. The van der Waals surface area contributed by atoms with Crippen molar-refractivity contribution in [2.75, 3.05) is 7.11 Å². The highest BCUT2D eigenvalue weighted by Crippen LogP contribution is 2.20. The smallest absolute Gasteiger partial charge is 0.252 e. The number of methoxy groups -OCH3 is 1. The zero-order chi connectivity index (χ0) is 24.2. The van der Waals surface area contributed by atoms with Crippen LogP contribution in [0.5, 0.6) is 5.75 Å². The zero-order valence-corrected chi connectivity index (χ0v) is 19.8. The molecule has 0 saturated heterocycles. The van der Waals surface area contributed by atoms with Crippen molar-refractivity contribution in [2.24, 2.45) is 0 Å². The molecule has 0 bridgehead atoms. The summed E-state index contributed by atoms with van der Waals surface area (Å²) in [4.78, 5) is 19.2. The van der Waals surface area contributed by atoms with Gasteiger partial charge in [0.25, 0.3) is 5.56 Å². The van der Waals surface area contributed by atoms with E-state index in [-0.39, 0.29) is 11.4 Å². The number of halogens is 1. The van der Waals surface area contributed by atoms with Crippen molar-refractivity contribution in [2.45, 2.75) is 26.2 Å². The molecule has 0 aliphatic heterocycles. The SMILES string of the molecule is COc1ccc2cc(CN(Cc3cccs3)Cc3nnnn3Cc3ccc(F)cc3)c(=O)[nH]c2c1. The molecule has 5 aromatic rings. The number of rotatable bonds is 9. The molecule has 0 fully saturated rings.